The van der Waals surface area contributed by atoms with Gasteiger partial charge in [0.05, 0.1) is 6.54 Å². The van der Waals surface area contributed by atoms with Crippen molar-refractivity contribution in [2.24, 2.45) is 0 Å². The van der Waals surface area contributed by atoms with Crippen LogP contribution in [0.4, 0.5) is 0 Å². The third-order valence-electron chi connectivity index (χ3n) is 1.39. The van der Waals surface area contributed by atoms with E-state index in [4.69, 9.17) is 0 Å². The van der Waals surface area contributed by atoms with Crippen molar-refractivity contribution >= 4 is 17.7 Å². The highest BCUT2D eigenvalue weighted by atomic mass is 32.2. The minimum absolute atomic E-state index is 0.149. The van der Waals surface area contributed by atoms with Crippen LogP contribution in [0.3, 0.4) is 0 Å². The van der Waals surface area contributed by atoms with Crippen LogP contribution in [0.2, 0.25) is 0 Å². The highest BCUT2D eigenvalue weighted by molar-refractivity contribution is 8.01. The summed E-state index contributed by atoms with van der Waals surface area (Å²) in [5, 5.41) is 0. The number of rotatable bonds is 0. The average molecular weight is 157 g/mol. The summed E-state index contributed by atoms with van der Waals surface area (Å²) in [5.74, 6) is 3.30. The molecule has 1 fully saturated rings. The minimum atomic E-state index is 0.149. The molecule has 0 spiro atoms. The SMILES string of the molecule is CC(=O)N1[CH]C[CH]SCC1. The summed E-state index contributed by atoms with van der Waals surface area (Å²) >= 11 is 1.79. The van der Waals surface area contributed by atoms with E-state index in [1.807, 2.05) is 6.54 Å². The standard InChI is InChI=1S/C7H11NOS/c1-7(9)8-3-2-5-10-6-4-8/h3,5H,2,4,6H2,1H3. The number of hydrogen-bond acceptors (Lipinski definition) is 2. The lowest BCUT2D eigenvalue weighted by molar-refractivity contribution is -0.127. The molecule has 0 saturated carbocycles. The van der Waals surface area contributed by atoms with Crippen molar-refractivity contribution in [2.75, 3.05) is 12.3 Å². The van der Waals surface area contributed by atoms with Gasteiger partial charge in [0.15, 0.2) is 0 Å². The van der Waals surface area contributed by atoms with E-state index in [1.165, 1.54) is 0 Å². The largest absolute Gasteiger partial charge is 0.337 e. The van der Waals surface area contributed by atoms with Gasteiger partial charge in [0.25, 0.3) is 0 Å². The molecule has 1 aliphatic heterocycles. The molecule has 3 heteroatoms. The topological polar surface area (TPSA) is 20.3 Å². The Kier molecular flexibility index (Phi) is 3.06. The fourth-order valence-corrected chi connectivity index (χ4v) is 1.54. The molecule has 56 valence electrons. The minimum Gasteiger partial charge on any atom is -0.337 e. The Bertz CT molecular complexity index is 119. The highest BCUT2D eigenvalue weighted by Gasteiger charge is 2.11. The molecular weight excluding hydrogens is 146 g/mol. The number of amides is 1. The molecule has 1 amide bonds. The molecule has 0 aromatic carbocycles. The molecule has 0 atom stereocenters. The maximum absolute atomic E-state index is 10.8. The molecule has 1 saturated heterocycles. The summed E-state index contributed by atoms with van der Waals surface area (Å²) in [6.07, 6.45) is 0.907. The van der Waals surface area contributed by atoms with Crippen LogP contribution in [0.1, 0.15) is 13.3 Å². The van der Waals surface area contributed by atoms with Crippen molar-refractivity contribution in [3.63, 3.8) is 0 Å². The summed E-state index contributed by atoms with van der Waals surface area (Å²) in [6, 6.07) is 0. The summed E-state index contributed by atoms with van der Waals surface area (Å²) in [5.41, 5.74) is 0. The molecule has 0 bridgehead atoms. The summed E-state index contributed by atoms with van der Waals surface area (Å²) in [7, 11) is 0. The number of carbonyl (C=O) groups excluding carboxylic acids is 1. The van der Waals surface area contributed by atoms with E-state index in [2.05, 4.69) is 5.75 Å². The maximum atomic E-state index is 10.8. The zero-order valence-electron chi connectivity index (χ0n) is 6.04. The third kappa shape index (κ3) is 2.21. The molecule has 0 aliphatic carbocycles. The van der Waals surface area contributed by atoms with Crippen molar-refractivity contribution in [1.82, 2.24) is 4.90 Å². The van der Waals surface area contributed by atoms with Crippen molar-refractivity contribution in [2.45, 2.75) is 13.3 Å². The Labute approximate surface area is 66.0 Å². The average Bonchev–Trinajstić information content (AvgIpc) is 2.12. The van der Waals surface area contributed by atoms with Crippen LogP contribution in [-0.4, -0.2) is 23.1 Å². The van der Waals surface area contributed by atoms with Gasteiger partial charge >= 0.3 is 0 Å². The van der Waals surface area contributed by atoms with Gasteiger partial charge in [-0.25, -0.2) is 0 Å². The first kappa shape index (κ1) is 7.92. The van der Waals surface area contributed by atoms with Gasteiger partial charge in [0, 0.05) is 25.0 Å². The first-order chi connectivity index (χ1) is 4.80. The lowest BCUT2D eigenvalue weighted by Crippen LogP contribution is -2.26. The molecule has 1 heterocycles. The molecule has 2 nitrogen and oxygen atoms in total. The van der Waals surface area contributed by atoms with E-state index in [1.54, 1.807) is 23.6 Å². The van der Waals surface area contributed by atoms with Gasteiger partial charge in [-0.2, -0.15) is 11.8 Å². The van der Waals surface area contributed by atoms with Gasteiger partial charge in [-0.3, -0.25) is 4.79 Å². The fourth-order valence-electron chi connectivity index (χ4n) is 0.850. The molecule has 1 aliphatic rings. The van der Waals surface area contributed by atoms with E-state index < -0.39 is 0 Å². The Morgan fingerprint density at radius 2 is 2.50 bits per heavy atom. The Morgan fingerprint density at radius 1 is 1.70 bits per heavy atom. The van der Waals surface area contributed by atoms with Gasteiger partial charge in [-0.15, -0.1) is 0 Å². The van der Waals surface area contributed by atoms with Crippen LogP contribution in [0.5, 0.6) is 0 Å². The van der Waals surface area contributed by atoms with Crippen molar-refractivity contribution in [3.8, 4) is 0 Å². The lowest BCUT2D eigenvalue weighted by atomic mass is 10.4. The first-order valence-electron chi connectivity index (χ1n) is 3.34. The third-order valence-corrected chi connectivity index (χ3v) is 2.24. The number of hydrogen-bond donors (Lipinski definition) is 0. The van der Waals surface area contributed by atoms with Crippen LogP contribution in [0.25, 0.3) is 0 Å². The van der Waals surface area contributed by atoms with Gasteiger partial charge < -0.3 is 4.90 Å². The quantitative estimate of drug-likeness (QED) is 0.528. The van der Waals surface area contributed by atoms with E-state index in [0.717, 1.165) is 18.7 Å². The second-order valence-corrected chi connectivity index (χ2v) is 3.24. The summed E-state index contributed by atoms with van der Waals surface area (Å²) in [6.45, 7) is 4.41. The zero-order valence-corrected chi connectivity index (χ0v) is 6.86. The number of thioether (sulfide) groups is 1. The molecule has 1 rings (SSSR count). The Balaban J connectivity index is 2.35. The van der Waals surface area contributed by atoms with Gasteiger partial charge in [0.1, 0.15) is 0 Å². The van der Waals surface area contributed by atoms with Crippen LogP contribution in [-0.2, 0) is 4.79 Å². The van der Waals surface area contributed by atoms with Crippen LogP contribution < -0.4 is 0 Å². The van der Waals surface area contributed by atoms with Gasteiger partial charge in [0.2, 0.25) is 5.91 Å². The molecule has 0 aromatic heterocycles. The van der Waals surface area contributed by atoms with Crippen molar-refractivity contribution in [1.29, 1.82) is 0 Å². The lowest BCUT2D eigenvalue weighted by Gasteiger charge is -2.15. The monoisotopic (exact) mass is 157 g/mol. The van der Waals surface area contributed by atoms with Crippen molar-refractivity contribution in [3.05, 3.63) is 12.3 Å². The summed E-state index contributed by atoms with van der Waals surface area (Å²) in [4.78, 5) is 12.6. The molecule has 0 N–H and O–H groups in total. The predicted molar refractivity (Wildman–Crippen MR) is 43.1 cm³/mol. The molecule has 0 unspecified atom stereocenters. The molecule has 10 heavy (non-hydrogen) atoms. The van der Waals surface area contributed by atoms with E-state index in [9.17, 15) is 4.79 Å². The van der Waals surface area contributed by atoms with Crippen LogP contribution in [0, 0.1) is 12.3 Å². The molecular formula is C7H11NOS. The highest BCUT2D eigenvalue weighted by Crippen LogP contribution is 2.16. The Hall–Kier alpha value is -0.180. The van der Waals surface area contributed by atoms with Crippen LogP contribution in [0.15, 0.2) is 0 Å². The number of nitrogens with zero attached hydrogens (tertiary/aromatic N) is 1. The van der Waals surface area contributed by atoms with Gasteiger partial charge in [-0.05, 0) is 6.42 Å². The fraction of sp³-hybridized carbons (Fsp3) is 0.571. The Morgan fingerprint density at radius 3 is 3.20 bits per heavy atom. The zero-order chi connectivity index (χ0) is 7.40. The number of carbonyl (C=O) groups is 1. The smallest absolute Gasteiger partial charge is 0.219 e. The normalized spacial score (nSPS) is 20.3. The van der Waals surface area contributed by atoms with E-state index >= 15 is 0 Å². The van der Waals surface area contributed by atoms with E-state index in [-0.39, 0.29) is 5.91 Å². The van der Waals surface area contributed by atoms with Crippen LogP contribution >= 0.6 is 11.8 Å². The molecule has 0 aromatic rings. The maximum Gasteiger partial charge on any atom is 0.219 e. The first-order valence-corrected chi connectivity index (χ1v) is 4.39. The van der Waals surface area contributed by atoms with Gasteiger partial charge in [-0.1, -0.05) is 0 Å². The molecule has 2 radical (unpaired) electrons. The second kappa shape index (κ2) is 3.86. The predicted octanol–water partition coefficient (Wildman–Crippen LogP) is 1.30. The van der Waals surface area contributed by atoms with Crippen molar-refractivity contribution < 1.29 is 4.79 Å². The second-order valence-electron chi connectivity index (χ2n) is 2.17. The summed E-state index contributed by atoms with van der Waals surface area (Å²) < 4.78 is 0. The van der Waals surface area contributed by atoms with E-state index in [0.29, 0.717) is 0 Å².